The first-order valence-electron chi connectivity index (χ1n) is 11.2. The lowest BCUT2D eigenvalue weighted by Gasteiger charge is -2.02. The van der Waals surface area contributed by atoms with Crippen molar-refractivity contribution in [2.75, 3.05) is 0 Å². The fraction of sp³-hybridized carbons (Fsp3) is 0.640. The topological polar surface area (TPSA) is 26.3 Å². The molecule has 0 unspecified atom stereocenters. The number of rotatable bonds is 17. The molecule has 1 aromatic carbocycles. The van der Waals surface area contributed by atoms with Gasteiger partial charge in [0.1, 0.15) is 5.75 Å². The first-order valence-corrected chi connectivity index (χ1v) is 11.2. The predicted molar refractivity (Wildman–Crippen MR) is 116 cm³/mol. The minimum atomic E-state index is -0.156. The Hall–Kier alpha value is -1.57. The summed E-state index contributed by atoms with van der Waals surface area (Å²) in [7, 11) is 0. The Labute approximate surface area is 167 Å². The molecule has 0 N–H and O–H groups in total. The van der Waals surface area contributed by atoms with Gasteiger partial charge < -0.3 is 4.74 Å². The smallest absolute Gasteiger partial charge is 0.311 e. The molecule has 0 aliphatic rings. The second kappa shape index (κ2) is 17.8. The lowest BCUT2D eigenvalue weighted by Crippen LogP contribution is -2.06. The van der Waals surface area contributed by atoms with Gasteiger partial charge in [-0.1, -0.05) is 108 Å². The molecule has 2 nitrogen and oxygen atoms in total. The zero-order chi connectivity index (χ0) is 19.4. The van der Waals surface area contributed by atoms with Crippen molar-refractivity contribution in [3.8, 4) is 5.75 Å². The van der Waals surface area contributed by atoms with E-state index in [2.05, 4.69) is 19.1 Å². The van der Waals surface area contributed by atoms with Crippen LogP contribution in [0.2, 0.25) is 0 Å². The zero-order valence-corrected chi connectivity index (χ0v) is 17.5. The van der Waals surface area contributed by atoms with Gasteiger partial charge in [-0.15, -0.1) is 0 Å². The van der Waals surface area contributed by atoms with E-state index in [1.807, 2.05) is 18.2 Å². The van der Waals surface area contributed by atoms with Crippen LogP contribution in [0.25, 0.3) is 0 Å². The van der Waals surface area contributed by atoms with Crippen molar-refractivity contribution in [3.63, 3.8) is 0 Å². The van der Waals surface area contributed by atoms with E-state index in [0.717, 1.165) is 12.8 Å². The highest BCUT2D eigenvalue weighted by Gasteiger charge is 2.02. The van der Waals surface area contributed by atoms with E-state index in [4.69, 9.17) is 4.74 Å². The van der Waals surface area contributed by atoms with Crippen molar-refractivity contribution >= 4 is 5.97 Å². The van der Waals surface area contributed by atoms with Crippen molar-refractivity contribution in [2.24, 2.45) is 0 Å². The van der Waals surface area contributed by atoms with Crippen LogP contribution in [0.3, 0.4) is 0 Å². The SMILES string of the molecule is CCCCCCCCCCCCCC/C=C/CCC(=O)Oc1ccccc1. The minimum Gasteiger partial charge on any atom is -0.427 e. The van der Waals surface area contributed by atoms with Gasteiger partial charge in [-0.25, -0.2) is 0 Å². The maximum absolute atomic E-state index is 11.7. The summed E-state index contributed by atoms with van der Waals surface area (Å²) in [6, 6.07) is 9.27. The summed E-state index contributed by atoms with van der Waals surface area (Å²) >= 11 is 0. The number of para-hydroxylation sites is 1. The van der Waals surface area contributed by atoms with Crippen LogP contribution in [0.5, 0.6) is 5.75 Å². The third-order valence-electron chi connectivity index (χ3n) is 4.88. The van der Waals surface area contributed by atoms with Gasteiger partial charge in [0.05, 0.1) is 0 Å². The zero-order valence-electron chi connectivity index (χ0n) is 17.5. The van der Waals surface area contributed by atoms with E-state index in [1.165, 1.54) is 77.0 Å². The van der Waals surface area contributed by atoms with Gasteiger partial charge in [0.15, 0.2) is 0 Å². The summed E-state index contributed by atoms with van der Waals surface area (Å²) in [6.45, 7) is 2.28. The number of carbonyl (C=O) groups excluding carboxylic acids is 1. The molecule has 2 heteroatoms. The molecule has 0 aliphatic heterocycles. The molecule has 152 valence electrons. The van der Waals surface area contributed by atoms with Gasteiger partial charge >= 0.3 is 5.97 Å². The van der Waals surface area contributed by atoms with E-state index in [1.54, 1.807) is 12.1 Å². The summed E-state index contributed by atoms with van der Waals surface area (Å²) in [6.07, 6.45) is 23.3. The standard InChI is InChI=1S/C25H40O2/c1-2-3-4-5-6-7-8-9-10-11-12-13-14-15-16-20-23-25(26)27-24-21-18-17-19-22-24/h15-19,21-22H,2-14,20,23H2,1H3/b16-15+. The number of hydrogen-bond acceptors (Lipinski definition) is 2. The molecule has 0 aromatic heterocycles. The monoisotopic (exact) mass is 372 g/mol. The molecule has 1 rings (SSSR count). The fourth-order valence-electron chi connectivity index (χ4n) is 3.21. The molecule has 0 amide bonds. The van der Waals surface area contributed by atoms with Crippen molar-refractivity contribution in [3.05, 3.63) is 42.5 Å². The van der Waals surface area contributed by atoms with Crippen LogP contribution in [0, 0.1) is 0 Å². The van der Waals surface area contributed by atoms with E-state index >= 15 is 0 Å². The predicted octanol–water partition coefficient (Wildman–Crippen LogP) is 8.02. The number of esters is 1. The highest BCUT2D eigenvalue weighted by atomic mass is 16.5. The molecule has 0 fully saturated rings. The fourth-order valence-corrected chi connectivity index (χ4v) is 3.21. The Bertz CT molecular complexity index is 478. The van der Waals surface area contributed by atoms with Gasteiger partial charge in [-0.05, 0) is 31.4 Å². The molecule has 27 heavy (non-hydrogen) atoms. The molecule has 1 aromatic rings. The molecule has 0 saturated heterocycles. The molecule has 0 bridgehead atoms. The molecule has 0 saturated carbocycles. The Kier molecular flexibility index (Phi) is 15.5. The van der Waals surface area contributed by atoms with E-state index in [0.29, 0.717) is 12.2 Å². The minimum absolute atomic E-state index is 0.156. The number of ether oxygens (including phenoxy) is 1. The Balaban J connectivity index is 1.82. The number of hydrogen-bond donors (Lipinski definition) is 0. The molecule has 0 aliphatic carbocycles. The van der Waals surface area contributed by atoms with E-state index in [9.17, 15) is 4.79 Å². The summed E-state index contributed by atoms with van der Waals surface area (Å²) in [5, 5.41) is 0. The summed E-state index contributed by atoms with van der Waals surface area (Å²) in [5.74, 6) is 0.471. The maximum Gasteiger partial charge on any atom is 0.311 e. The lowest BCUT2D eigenvalue weighted by atomic mass is 10.0. The second-order valence-electron chi connectivity index (χ2n) is 7.47. The third kappa shape index (κ3) is 15.2. The molecular weight excluding hydrogens is 332 g/mol. The van der Waals surface area contributed by atoms with Crippen molar-refractivity contribution < 1.29 is 9.53 Å². The van der Waals surface area contributed by atoms with Gasteiger partial charge in [-0.2, -0.15) is 0 Å². The molecular formula is C25H40O2. The molecule has 0 radical (unpaired) electrons. The average molecular weight is 373 g/mol. The average Bonchev–Trinajstić information content (AvgIpc) is 2.68. The van der Waals surface area contributed by atoms with Crippen LogP contribution in [0.4, 0.5) is 0 Å². The Morgan fingerprint density at radius 1 is 0.741 bits per heavy atom. The van der Waals surface area contributed by atoms with Gasteiger partial charge in [0.25, 0.3) is 0 Å². The van der Waals surface area contributed by atoms with Crippen molar-refractivity contribution in [2.45, 2.75) is 103 Å². The summed E-state index contributed by atoms with van der Waals surface area (Å²) < 4.78 is 5.27. The highest BCUT2D eigenvalue weighted by Crippen LogP contribution is 2.13. The maximum atomic E-state index is 11.7. The van der Waals surface area contributed by atoms with Gasteiger partial charge in [0, 0.05) is 6.42 Å². The van der Waals surface area contributed by atoms with Crippen LogP contribution in [0.15, 0.2) is 42.5 Å². The van der Waals surface area contributed by atoms with Gasteiger partial charge in [0.2, 0.25) is 0 Å². The van der Waals surface area contributed by atoms with Crippen LogP contribution in [0.1, 0.15) is 103 Å². The largest absolute Gasteiger partial charge is 0.427 e. The highest BCUT2D eigenvalue weighted by molar-refractivity contribution is 5.72. The van der Waals surface area contributed by atoms with Gasteiger partial charge in [-0.3, -0.25) is 4.79 Å². The first-order chi connectivity index (χ1) is 13.3. The molecule has 0 heterocycles. The van der Waals surface area contributed by atoms with Crippen LogP contribution in [-0.4, -0.2) is 5.97 Å². The third-order valence-corrected chi connectivity index (χ3v) is 4.88. The summed E-state index contributed by atoms with van der Waals surface area (Å²) in [5.41, 5.74) is 0. The van der Waals surface area contributed by atoms with E-state index < -0.39 is 0 Å². The number of benzene rings is 1. The van der Waals surface area contributed by atoms with E-state index in [-0.39, 0.29) is 5.97 Å². The Morgan fingerprint density at radius 2 is 1.26 bits per heavy atom. The number of carbonyl (C=O) groups is 1. The molecule has 0 atom stereocenters. The summed E-state index contributed by atoms with van der Waals surface area (Å²) in [4.78, 5) is 11.7. The van der Waals surface area contributed by atoms with Crippen molar-refractivity contribution in [1.82, 2.24) is 0 Å². The normalized spacial score (nSPS) is 11.1. The van der Waals surface area contributed by atoms with Crippen molar-refractivity contribution in [1.29, 1.82) is 0 Å². The molecule has 0 spiro atoms. The first kappa shape index (κ1) is 23.5. The number of unbranched alkanes of at least 4 members (excludes halogenated alkanes) is 12. The quantitative estimate of drug-likeness (QED) is 0.120. The lowest BCUT2D eigenvalue weighted by molar-refractivity contribution is -0.134. The van der Waals surface area contributed by atoms with Crippen LogP contribution >= 0.6 is 0 Å². The van der Waals surface area contributed by atoms with Crippen LogP contribution in [-0.2, 0) is 4.79 Å². The second-order valence-corrected chi connectivity index (χ2v) is 7.47. The number of allylic oxidation sites excluding steroid dienone is 2. The Morgan fingerprint density at radius 3 is 1.85 bits per heavy atom. The van der Waals surface area contributed by atoms with Crippen LogP contribution < -0.4 is 4.74 Å².